The molecule has 3 rings (SSSR count). The summed E-state index contributed by atoms with van der Waals surface area (Å²) < 4.78 is 16.8. The summed E-state index contributed by atoms with van der Waals surface area (Å²) in [7, 11) is 1.72. The average molecular weight is 317 g/mol. The van der Waals surface area contributed by atoms with Crippen LogP contribution in [0.4, 0.5) is 0 Å². The molecule has 1 amide bonds. The zero-order valence-electron chi connectivity index (χ0n) is 13.1. The molecule has 0 spiro atoms. The lowest BCUT2D eigenvalue weighted by Gasteiger charge is -2.29. The Labute approximate surface area is 134 Å². The summed E-state index contributed by atoms with van der Waals surface area (Å²) in [6.45, 7) is 3.18. The summed E-state index contributed by atoms with van der Waals surface area (Å²) in [5.74, 6) is 1.67. The number of carbonyl (C=O) groups is 1. The van der Waals surface area contributed by atoms with Gasteiger partial charge in [-0.2, -0.15) is 0 Å². The number of amides is 1. The Morgan fingerprint density at radius 2 is 2.22 bits per heavy atom. The van der Waals surface area contributed by atoms with Crippen LogP contribution in [0.25, 0.3) is 0 Å². The van der Waals surface area contributed by atoms with Crippen molar-refractivity contribution in [3.63, 3.8) is 0 Å². The lowest BCUT2D eigenvalue weighted by atomic mass is 10.2. The van der Waals surface area contributed by atoms with Crippen LogP contribution in [0.2, 0.25) is 0 Å². The van der Waals surface area contributed by atoms with Gasteiger partial charge in [0.2, 0.25) is 5.88 Å². The van der Waals surface area contributed by atoms with E-state index in [1.165, 1.54) is 0 Å². The zero-order chi connectivity index (χ0) is 16.2. The van der Waals surface area contributed by atoms with Gasteiger partial charge in [0.25, 0.3) is 5.91 Å². The number of rotatable bonds is 5. The first-order chi connectivity index (χ1) is 11.2. The highest BCUT2D eigenvalue weighted by Gasteiger charge is 2.25. The van der Waals surface area contributed by atoms with Crippen LogP contribution in [0.3, 0.4) is 0 Å². The minimum absolute atomic E-state index is 0.175. The van der Waals surface area contributed by atoms with E-state index in [0.717, 1.165) is 5.75 Å². The van der Waals surface area contributed by atoms with E-state index in [0.29, 0.717) is 37.1 Å². The molecular formula is C16H19N3O4. The third-order valence-corrected chi connectivity index (χ3v) is 3.47. The van der Waals surface area contributed by atoms with Crippen molar-refractivity contribution in [2.75, 3.05) is 26.8 Å². The van der Waals surface area contributed by atoms with E-state index < -0.39 is 0 Å². The molecule has 0 saturated heterocycles. The second-order valence-electron chi connectivity index (χ2n) is 5.24. The van der Waals surface area contributed by atoms with Crippen molar-refractivity contribution in [2.24, 2.45) is 0 Å². The van der Waals surface area contributed by atoms with Gasteiger partial charge in [0.05, 0.1) is 13.2 Å². The van der Waals surface area contributed by atoms with E-state index in [-0.39, 0.29) is 12.0 Å². The van der Waals surface area contributed by atoms with Gasteiger partial charge in [0.1, 0.15) is 12.3 Å². The molecule has 1 N–H and O–H groups in total. The third kappa shape index (κ3) is 3.39. The Kier molecular flexibility index (Phi) is 4.36. The molecule has 1 aromatic carbocycles. The lowest BCUT2D eigenvalue weighted by Crippen LogP contribution is -2.41. The van der Waals surface area contributed by atoms with Crippen molar-refractivity contribution in [1.29, 1.82) is 0 Å². The fourth-order valence-corrected chi connectivity index (χ4v) is 2.38. The first-order valence-electron chi connectivity index (χ1n) is 7.49. The van der Waals surface area contributed by atoms with Gasteiger partial charge in [-0.15, -0.1) is 5.10 Å². The molecule has 7 heteroatoms. The van der Waals surface area contributed by atoms with E-state index in [1.54, 1.807) is 18.0 Å². The summed E-state index contributed by atoms with van der Waals surface area (Å²) in [6, 6.07) is 9.09. The van der Waals surface area contributed by atoms with Crippen molar-refractivity contribution >= 4 is 5.91 Å². The molecule has 1 atom stereocenters. The highest BCUT2D eigenvalue weighted by molar-refractivity contribution is 5.92. The van der Waals surface area contributed by atoms with Crippen LogP contribution in [-0.4, -0.2) is 53.9 Å². The number of nitrogens with zero attached hydrogens (tertiary/aromatic N) is 2. The van der Waals surface area contributed by atoms with Gasteiger partial charge >= 0.3 is 0 Å². The Balaban J connectivity index is 1.60. The maximum Gasteiger partial charge on any atom is 0.271 e. The van der Waals surface area contributed by atoms with Crippen LogP contribution in [0.1, 0.15) is 17.4 Å². The van der Waals surface area contributed by atoms with E-state index >= 15 is 0 Å². The Morgan fingerprint density at radius 1 is 1.43 bits per heavy atom. The number of fused-ring (bicyclic) bond motifs is 1. The minimum Gasteiger partial charge on any atom is -0.486 e. The van der Waals surface area contributed by atoms with Gasteiger partial charge in [-0.1, -0.05) is 12.1 Å². The van der Waals surface area contributed by atoms with Crippen molar-refractivity contribution in [2.45, 2.75) is 13.0 Å². The summed E-state index contributed by atoms with van der Waals surface area (Å²) in [6.07, 6.45) is -0.215. The number of benzene rings is 1. The van der Waals surface area contributed by atoms with Crippen LogP contribution in [0.5, 0.6) is 17.4 Å². The molecule has 23 heavy (non-hydrogen) atoms. The molecule has 1 aliphatic heterocycles. The monoisotopic (exact) mass is 317 g/mol. The quantitative estimate of drug-likeness (QED) is 0.908. The molecule has 1 aliphatic rings. The molecule has 0 fully saturated rings. The number of H-pyrrole nitrogens is 1. The largest absolute Gasteiger partial charge is 0.486 e. The van der Waals surface area contributed by atoms with Gasteiger partial charge in [-0.25, -0.2) is 0 Å². The predicted octanol–water partition coefficient (Wildman–Crippen LogP) is 1.72. The Hall–Kier alpha value is -2.70. The van der Waals surface area contributed by atoms with E-state index in [4.69, 9.17) is 14.2 Å². The standard InChI is InChI=1S/C16H19N3O4/c1-3-21-15-8-12(17-18-15)16(20)19(2)9-11-10-22-13-6-4-5-7-14(13)23-11/h4-8,11H,3,9-10H2,1-2H3,(H,17,18)/t11-/m0/s1. The van der Waals surface area contributed by atoms with Crippen LogP contribution >= 0.6 is 0 Å². The van der Waals surface area contributed by atoms with Crippen molar-refractivity contribution in [3.05, 3.63) is 36.0 Å². The number of ether oxygens (including phenoxy) is 3. The topological polar surface area (TPSA) is 76.7 Å². The van der Waals surface area contributed by atoms with Gasteiger partial charge in [0.15, 0.2) is 17.6 Å². The highest BCUT2D eigenvalue weighted by Crippen LogP contribution is 2.31. The number of hydrogen-bond donors (Lipinski definition) is 1. The fourth-order valence-electron chi connectivity index (χ4n) is 2.38. The molecule has 0 radical (unpaired) electrons. The van der Waals surface area contributed by atoms with E-state index in [9.17, 15) is 4.79 Å². The van der Waals surface area contributed by atoms with Gasteiger partial charge in [0, 0.05) is 13.1 Å². The molecule has 0 bridgehead atoms. The summed E-state index contributed by atoms with van der Waals surface area (Å²) in [5.41, 5.74) is 0.382. The SMILES string of the molecule is CCOc1cc(C(=O)N(C)C[C@H]2COc3ccccc3O2)[nH]n1. The van der Waals surface area contributed by atoms with Crippen molar-refractivity contribution in [1.82, 2.24) is 15.1 Å². The Morgan fingerprint density at radius 3 is 3.00 bits per heavy atom. The van der Waals surface area contributed by atoms with E-state index in [1.807, 2.05) is 31.2 Å². The number of nitrogens with one attached hydrogen (secondary N) is 1. The molecule has 0 aliphatic carbocycles. The van der Waals surface area contributed by atoms with Crippen LogP contribution in [0, 0.1) is 0 Å². The van der Waals surface area contributed by atoms with Crippen LogP contribution < -0.4 is 14.2 Å². The van der Waals surface area contributed by atoms with E-state index in [2.05, 4.69) is 10.2 Å². The average Bonchev–Trinajstić information content (AvgIpc) is 3.03. The second-order valence-corrected chi connectivity index (χ2v) is 5.24. The van der Waals surface area contributed by atoms with Crippen molar-refractivity contribution in [3.8, 4) is 17.4 Å². The molecule has 1 aromatic heterocycles. The number of likely N-dealkylation sites (N-methyl/N-ethyl adjacent to an activating group) is 1. The number of hydrogen-bond acceptors (Lipinski definition) is 5. The van der Waals surface area contributed by atoms with Crippen LogP contribution in [0.15, 0.2) is 30.3 Å². The molecule has 0 saturated carbocycles. The molecule has 7 nitrogen and oxygen atoms in total. The number of carbonyl (C=O) groups excluding carboxylic acids is 1. The summed E-state index contributed by atoms with van der Waals surface area (Å²) in [5, 5.41) is 6.62. The van der Waals surface area contributed by atoms with Crippen molar-refractivity contribution < 1.29 is 19.0 Å². The molecule has 2 aromatic rings. The van der Waals surface area contributed by atoms with Crippen LogP contribution in [-0.2, 0) is 0 Å². The maximum absolute atomic E-state index is 12.4. The molecular weight excluding hydrogens is 298 g/mol. The fraction of sp³-hybridized carbons (Fsp3) is 0.375. The van der Waals surface area contributed by atoms with Gasteiger partial charge < -0.3 is 19.1 Å². The maximum atomic E-state index is 12.4. The summed E-state index contributed by atoms with van der Waals surface area (Å²) in [4.78, 5) is 14.0. The Bertz CT molecular complexity index is 685. The lowest BCUT2D eigenvalue weighted by molar-refractivity contribution is 0.0517. The highest BCUT2D eigenvalue weighted by atomic mass is 16.6. The molecule has 2 heterocycles. The second kappa shape index (κ2) is 6.60. The first-order valence-corrected chi connectivity index (χ1v) is 7.49. The zero-order valence-corrected chi connectivity index (χ0v) is 13.1. The van der Waals surface area contributed by atoms with Gasteiger partial charge in [-0.05, 0) is 19.1 Å². The third-order valence-electron chi connectivity index (χ3n) is 3.47. The predicted molar refractivity (Wildman–Crippen MR) is 83.1 cm³/mol. The number of para-hydroxylation sites is 2. The number of aromatic nitrogens is 2. The van der Waals surface area contributed by atoms with Gasteiger partial charge in [-0.3, -0.25) is 9.89 Å². The summed E-state index contributed by atoms with van der Waals surface area (Å²) >= 11 is 0. The molecule has 0 unspecified atom stereocenters. The number of aromatic amines is 1. The molecule has 122 valence electrons. The first kappa shape index (κ1) is 15.2. The minimum atomic E-state index is -0.215. The normalized spacial score (nSPS) is 16.0. The smallest absolute Gasteiger partial charge is 0.271 e.